The van der Waals surface area contributed by atoms with Crippen LogP contribution in [0.5, 0.6) is 5.75 Å². The zero-order valence-corrected chi connectivity index (χ0v) is 12.9. The summed E-state index contributed by atoms with van der Waals surface area (Å²) in [4.78, 5) is 2.61. The van der Waals surface area contributed by atoms with E-state index in [0.29, 0.717) is 11.8 Å². The fraction of sp³-hybridized carbons (Fsp3) is 0.647. The first-order valence-electron chi connectivity index (χ1n) is 8.01. The molecule has 1 unspecified atom stereocenters. The lowest BCUT2D eigenvalue weighted by Gasteiger charge is -2.34. The predicted molar refractivity (Wildman–Crippen MR) is 82.1 cm³/mol. The minimum absolute atomic E-state index is 0.0355. The van der Waals surface area contributed by atoms with Gasteiger partial charge in [0.15, 0.2) is 0 Å². The van der Waals surface area contributed by atoms with Gasteiger partial charge < -0.3 is 15.0 Å². The predicted octanol–water partition coefficient (Wildman–Crippen LogP) is 3.11. The molecule has 1 saturated heterocycles. The van der Waals surface area contributed by atoms with Crippen molar-refractivity contribution in [1.82, 2.24) is 10.2 Å². The number of halogens is 1. The maximum Gasteiger partial charge on any atom is 0.131 e. The molecule has 3 nitrogen and oxygen atoms in total. The molecule has 2 fully saturated rings. The van der Waals surface area contributed by atoms with E-state index < -0.39 is 0 Å². The second-order valence-electron chi connectivity index (χ2n) is 6.32. The molecule has 0 amide bonds. The van der Waals surface area contributed by atoms with Crippen LogP contribution in [0.4, 0.5) is 4.39 Å². The maximum atomic E-state index is 14.1. The van der Waals surface area contributed by atoms with Gasteiger partial charge in [-0.25, -0.2) is 4.39 Å². The third-order valence-corrected chi connectivity index (χ3v) is 4.75. The third-order valence-electron chi connectivity index (χ3n) is 4.75. The number of hydrogen-bond donors (Lipinski definition) is 1. The van der Waals surface area contributed by atoms with Crippen LogP contribution < -0.4 is 10.1 Å². The molecule has 116 valence electrons. The van der Waals surface area contributed by atoms with Crippen LogP contribution >= 0.6 is 0 Å². The van der Waals surface area contributed by atoms with E-state index in [1.165, 1.54) is 44.8 Å². The highest BCUT2D eigenvalue weighted by atomic mass is 19.1. The van der Waals surface area contributed by atoms with E-state index >= 15 is 0 Å². The topological polar surface area (TPSA) is 24.5 Å². The van der Waals surface area contributed by atoms with Crippen LogP contribution in [-0.2, 0) is 0 Å². The van der Waals surface area contributed by atoms with Crippen molar-refractivity contribution in [2.24, 2.45) is 0 Å². The Morgan fingerprint density at radius 1 is 1.24 bits per heavy atom. The fourth-order valence-electron chi connectivity index (χ4n) is 3.30. The summed E-state index contributed by atoms with van der Waals surface area (Å²) in [6.07, 6.45) is 5.09. The van der Waals surface area contributed by atoms with E-state index in [1.807, 2.05) is 19.1 Å². The van der Waals surface area contributed by atoms with Crippen molar-refractivity contribution in [3.05, 3.63) is 29.6 Å². The zero-order valence-electron chi connectivity index (χ0n) is 12.9. The molecule has 0 bridgehead atoms. The molecule has 1 aliphatic heterocycles. The van der Waals surface area contributed by atoms with Crippen molar-refractivity contribution in [2.45, 2.75) is 50.7 Å². The molecule has 1 atom stereocenters. The highest BCUT2D eigenvalue weighted by molar-refractivity contribution is 5.30. The van der Waals surface area contributed by atoms with Crippen LogP contribution in [0.1, 0.15) is 44.2 Å². The number of ether oxygens (including phenoxy) is 1. The molecule has 21 heavy (non-hydrogen) atoms. The molecule has 1 aromatic rings. The van der Waals surface area contributed by atoms with Crippen molar-refractivity contribution in [1.29, 1.82) is 0 Å². The van der Waals surface area contributed by atoms with E-state index in [4.69, 9.17) is 4.74 Å². The first kappa shape index (κ1) is 14.8. The molecule has 1 heterocycles. The van der Waals surface area contributed by atoms with Crippen molar-refractivity contribution < 1.29 is 9.13 Å². The largest absolute Gasteiger partial charge is 0.497 e. The molecular weight excluding hydrogens is 267 g/mol. The first-order valence-corrected chi connectivity index (χ1v) is 8.01. The van der Waals surface area contributed by atoms with E-state index in [2.05, 4.69) is 10.2 Å². The van der Waals surface area contributed by atoms with Crippen molar-refractivity contribution >= 4 is 0 Å². The summed E-state index contributed by atoms with van der Waals surface area (Å²) in [5.41, 5.74) is 0.723. The number of benzene rings is 1. The van der Waals surface area contributed by atoms with Gasteiger partial charge in [-0.1, -0.05) is 6.07 Å². The number of rotatable bonds is 5. The Labute approximate surface area is 126 Å². The highest BCUT2D eigenvalue weighted by Gasteiger charge is 2.32. The molecule has 0 spiro atoms. The standard InChI is InChI=1S/C17H25FN2O/c1-12(16-6-5-15(21-2)11-17(16)18)19-13-7-9-20(10-8-13)14-3-4-14/h5-6,11-14,19H,3-4,7-10H2,1-2H3. The molecule has 4 heteroatoms. The van der Waals surface area contributed by atoms with Gasteiger partial charge in [0.05, 0.1) is 7.11 Å². The van der Waals surface area contributed by atoms with Crippen LogP contribution in [0, 0.1) is 5.82 Å². The maximum absolute atomic E-state index is 14.1. The van der Waals surface area contributed by atoms with E-state index in [-0.39, 0.29) is 11.9 Å². The summed E-state index contributed by atoms with van der Waals surface area (Å²) >= 11 is 0. The molecule has 3 rings (SSSR count). The van der Waals surface area contributed by atoms with Crippen molar-refractivity contribution in [3.8, 4) is 5.75 Å². The van der Waals surface area contributed by atoms with Gasteiger partial charge in [-0.2, -0.15) is 0 Å². The fourth-order valence-corrected chi connectivity index (χ4v) is 3.30. The molecular formula is C17H25FN2O. The highest BCUT2D eigenvalue weighted by Crippen LogP contribution is 2.30. The van der Waals surface area contributed by atoms with Gasteiger partial charge >= 0.3 is 0 Å². The number of nitrogens with zero attached hydrogens (tertiary/aromatic N) is 1. The molecule has 0 radical (unpaired) electrons. The average molecular weight is 292 g/mol. The summed E-state index contributed by atoms with van der Waals surface area (Å²) in [6.45, 7) is 4.40. The molecule has 0 aromatic heterocycles. The minimum Gasteiger partial charge on any atom is -0.497 e. The van der Waals surface area contributed by atoms with Crippen LogP contribution in [0.15, 0.2) is 18.2 Å². The monoisotopic (exact) mass is 292 g/mol. The second kappa shape index (κ2) is 6.32. The van der Waals surface area contributed by atoms with Crippen LogP contribution in [0.2, 0.25) is 0 Å². The van der Waals surface area contributed by atoms with Crippen LogP contribution in [0.25, 0.3) is 0 Å². The lowest BCUT2D eigenvalue weighted by molar-refractivity contribution is 0.184. The minimum atomic E-state index is -0.190. The second-order valence-corrected chi connectivity index (χ2v) is 6.32. The Balaban J connectivity index is 1.55. The van der Waals surface area contributed by atoms with Gasteiger partial charge in [0.1, 0.15) is 11.6 Å². The van der Waals surface area contributed by atoms with Crippen molar-refractivity contribution in [2.75, 3.05) is 20.2 Å². The Bertz CT molecular complexity index is 482. The summed E-state index contributed by atoms with van der Waals surface area (Å²) in [6, 6.07) is 6.51. The van der Waals surface area contributed by atoms with Gasteiger partial charge in [-0.05, 0) is 51.8 Å². The van der Waals surface area contributed by atoms with Gasteiger partial charge in [-0.3, -0.25) is 0 Å². The summed E-state index contributed by atoms with van der Waals surface area (Å²) in [7, 11) is 1.56. The SMILES string of the molecule is COc1ccc(C(C)NC2CCN(C3CC3)CC2)c(F)c1. The number of methoxy groups -OCH3 is 1. The number of likely N-dealkylation sites (tertiary alicyclic amines) is 1. The molecule has 2 aliphatic rings. The normalized spacial score (nSPS) is 22.2. The van der Waals surface area contributed by atoms with E-state index in [1.54, 1.807) is 7.11 Å². The zero-order chi connectivity index (χ0) is 14.8. The molecule has 1 saturated carbocycles. The Hall–Kier alpha value is -1.13. The molecule has 1 aromatic carbocycles. The summed E-state index contributed by atoms with van der Waals surface area (Å²) < 4.78 is 19.1. The third kappa shape index (κ3) is 3.55. The lowest BCUT2D eigenvalue weighted by atomic mass is 10.0. The quantitative estimate of drug-likeness (QED) is 0.902. The smallest absolute Gasteiger partial charge is 0.131 e. The van der Waals surface area contributed by atoms with Gasteiger partial charge in [0.25, 0.3) is 0 Å². The lowest BCUT2D eigenvalue weighted by Crippen LogP contribution is -2.44. The first-order chi connectivity index (χ1) is 10.2. The summed E-state index contributed by atoms with van der Waals surface area (Å²) in [5.74, 6) is 0.381. The Morgan fingerprint density at radius 2 is 1.95 bits per heavy atom. The molecule has 1 aliphatic carbocycles. The number of hydrogen-bond acceptors (Lipinski definition) is 3. The Morgan fingerprint density at radius 3 is 2.52 bits per heavy atom. The van der Waals surface area contributed by atoms with Gasteiger partial charge in [0.2, 0.25) is 0 Å². The van der Waals surface area contributed by atoms with Gasteiger partial charge in [-0.15, -0.1) is 0 Å². The number of piperidine rings is 1. The summed E-state index contributed by atoms with van der Waals surface area (Å²) in [5, 5.41) is 3.59. The van der Waals surface area contributed by atoms with E-state index in [0.717, 1.165) is 11.6 Å². The van der Waals surface area contributed by atoms with E-state index in [9.17, 15) is 4.39 Å². The number of nitrogens with one attached hydrogen (secondary N) is 1. The van der Waals surface area contributed by atoms with Crippen LogP contribution in [-0.4, -0.2) is 37.2 Å². The Kier molecular flexibility index (Phi) is 4.45. The average Bonchev–Trinajstić information content (AvgIpc) is 3.32. The molecule has 1 N–H and O–H groups in total. The van der Waals surface area contributed by atoms with Crippen LogP contribution in [0.3, 0.4) is 0 Å². The van der Waals surface area contributed by atoms with Crippen molar-refractivity contribution in [3.63, 3.8) is 0 Å². The van der Waals surface area contributed by atoms with Gasteiger partial charge in [0, 0.05) is 29.8 Å².